The predicted molar refractivity (Wildman–Crippen MR) is 111 cm³/mol. The van der Waals surface area contributed by atoms with Crippen molar-refractivity contribution in [3.05, 3.63) is 29.8 Å². The van der Waals surface area contributed by atoms with E-state index in [1.807, 2.05) is 18.2 Å². The number of phenolic OH excluding ortho intramolecular Hbond substituents is 1. The van der Waals surface area contributed by atoms with Crippen LogP contribution in [-0.2, 0) is 14.3 Å². The Bertz CT molecular complexity index is 501. The summed E-state index contributed by atoms with van der Waals surface area (Å²) in [5, 5.41) is 9.28. The molecule has 0 aliphatic heterocycles. The molecule has 0 spiro atoms. The largest absolute Gasteiger partial charge is 0.508 e. The van der Waals surface area contributed by atoms with Gasteiger partial charge in [0, 0.05) is 12.8 Å². The first-order valence-corrected chi connectivity index (χ1v) is 10.4. The summed E-state index contributed by atoms with van der Waals surface area (Å²) in [5.74, 6) is 0.0851. The third-order valence-corrected chi connectivity index (χ3v) is 4.26. The fourth-order valence-corrected chi connectivity index (χ4v) is 2.60. The van der Waals surface area contributed by atoms with Gasteiger partial charge in [-0.25, -0.2) is 0 Å². The van der Waals surface area contributed by atoms with E-state index in [4.69, 9.17) is 4.74 Å². The van der Waals surface area contributed by atoms with E-state index in [9.17, 15) is 14.7 Å². The zero-order valence-electron chi connectivity index (χ0n) is 17.6. The molecule has 0 fully saturated rings. The van der Waals surface area contributed by atoms with Gasteiger partial charge in [0.2, 0.25) is 0 Å². The van der Waals surface area contributed by atoms with Crippen molar-refractivity contribution < 1.29 is 19.4 Å². The first-order chi connectivity index (χ1) is 12.9. The zero-order chi connectivity index (χ0) is 20.5. The van der Waals surface area contributed by atoms with Gasteiger partial charge >= 0.3 is 11.9 Å². The normalized spacial score (nSPS) is 10.3. The Hall–Kier alpha value is -1.84. The van der Waals surface area contributed by atoms with E-state index in [2.05, 4.69) is 27.7 Å². The lowest BCUT2D eigenvalue weighted by Crippen LogP contribution is -2.11. The smallest absolute Gasteiger partial charge is 0.313 e. The minimum atomic E-state index is -0.360. The van der Waals surface area contributed by atoms with E-state index in [1.54, 1.807) is 6.07 Å². The Labute approximate surface area is 165 Å². The van der Waals surface area contributed by atoms with Crippen LogP contribution in [0.4, 0.5) is 0 Å². The van der Waals surface area contributed by atoms with Crippen LogP contribution in [0.1, 0.15) is 103 Å². The number of carbonyl (C=O) groups excluding carboxylic acids is 2. The molecule has 0 aliphatic rings. The van der Waals surface area contributed by atoms with Gasteiger partial charge in [0.05, 0.1) is 0 Å². The SMILES string of the molecule is CC(C)c1ccccc1O.CCCCCCC(=O)OC(=O)CCCCCC. The van der Waals surface area contributed by atoms with E-state index in [1.165, 1.54) is 0 Å². The summed E-state index contributed by atoms with van der Waals surface area (Å²) in [7, 11) is 0. The molecule has 0 atom stereocenters. The third-order valence-electron chi connectivity index (χ3n) is 4.26. The van der Waals surface area contributed by atoms with Crippen LogP contribution < -0.4 is 0 Å². The molecule has 0 aromatic heterocycles. The number of hydrogen-bond donors (Lipinski definition) is 1. The highest BCUT2D eigenvalue weighted by atomic mass is 16.6. The van der Waals surface area contributed by atoms with Gasteiger partial charge in [0.15, 0.2) is 0 Å². The van der Waals surface area contributed by atoms with Crippen LogP contribution in [0.15, 0.2) is 24.3 Å². The number of rotatable bonds is 11. The minimum absolute atomic E-state index is 0.360. The van der Waals surface area contributed by atoms with Crippen LogP contribution in [0.3, 0.4) is 0 Å². The average molecular weight is 379 g/mol. The van der Waals surface area contributed by atoms with Crippen LogP contribution in [0.2, 0.25) is 0 Å². The lowest BCUT2D eigenvalue weighted by molar-refractivity contribution is -0.159. The van der Waals surface area contributed by atoms with E-state index in [-0.39, 0.29) is 11.9 Å². The van der Waals surface area contributed by atoms with Crippen molar-refractivity contribution in [2.45, 2.75) is 97.8 Å². The maximum atomic E-state index is 11.3. The molecule has 27 heavy (non-hydrogen) atoms. The van der Waals surface area contributed by atoms with E-state index in [0.29, 0.717) is 24.5 Å². The summed E-state index contributed by atoms with van der Waals surface area (Å²) in [4.78, 5) is 22.5. The molecule has 0 unspecified atom stereocenters. The highest BCUT2D eigenvalue weighted by molar-refractivity contribution is 5.85. The van der Waals surface area contributed by atoms with Crippen molar-refractivity contribution >= 4 is 11.9 Å². The first-order valence-electron chi connectivity index (χ1n) is 10.4. The highest BCUT2D eigenvalue weighted by Gasteiger charge is 2.09. The van der Waals surface area contributed by atoms with Gasteiger partial charge in [-0.1, -0.05) is 84.4 Å². The predicted octanol–water partition coefficient (Wildman–Crippen LogP) is 6.51. The summed E-state index contributed by atoms with van der Waals surface area (Å²) >= 11 is 0. The summed E-state index contributed by atoms with van der Waals surface area (Å²) in [6, 6.07) is 7.44. The number of benzene rings is 1. The van der Waals surface area contributed by atoms with Crippen molar-refractivity contribution in [3.8, 4) is 5.75 Å². The third kappa shape index (κ3) is 14.0. The maximum Gasteiger partial charge on any atom is 0.313 e. The second kappa shape index (κ2) is 16.3. The summed E-state index contributed by atoms with van der Waals surface area (Å²) in [5.41, 5.74) is 1.02. The summed E-state index contributed by atoms with van der Waals surface area (Å²) in [6.45, 7) is 8.38. The van der Waals surface area contributed by atoms with E-state index < -0.39 is 0 Å². The Morgan fingerprint density at radius 2 is 1.33 bits per heavy atom. The molecule has 1 rings (SSSR count). The molecule has 0 bridgehead atoms. The van der Waals surface area contributed by atoms with Crippen molar-refractivity contribution in [3.63, 3.8) is 0 Å². The fraction of sp³-hybridized carbons (Fsp3) is 0.652. The van der Waals surface area contributed by atoms with Crippen LogP contribution in [-0.4, -0.2) is 17.0 Å². The van der Waals surface area contributed by atoms with Gasteiger partial charge in [-0.3, -0.25) is 9.59 Å². The molecule has 1 aromatic carbocycles. The van der Waals surface area contributed by atoms with Crippen molar-refractivity contribution in [1.29, 1.82) is 0 Å². The van der Waals surface area contributed by atoms with Crippen molar-refractivity contribution in [2.75, 3.05) is 0 Å². The molecule has 0 aliphatic carbocycles. The van der Waals surface area contributed by atoms with Gasteiger partial charge in [0.1, 0.15) is 5.75 Å². The zero-order valence-corrected chi connectivity index (χ0v) is 17.6. The molecule has 4 heteroatoms. The number of ether oxygens (including phenoxy) is 1. The van der Waals surface area contributed by atoms with Crippen molar-refractivity contribution in [1.82, 2.24) is 0 Å². The molecule has 4 nitrogen and oxygen atoms in total. The molecular weight excluding hydrogens is 340 g/mol. The molecule has 0 heterocycles. The topological polar surface area (TPSA) is 63.6 Å². The Morgan fingerprint density at radius 1 is 0.852 bits per heavy atom. The van der Waals surface area contributed by atoms with Gasteiger partial charge in [-0.05, 0) is 30.4 Å². The number of para-hydroxylation sites is 1. The lowest BCUT2D eigenvalue weighted by atomic mass is 10.0. The first kappa shape index (κ1) is 25.2. The number of esters is 2. The molecule has 0 radical (unpaired) electrons. The standard InChI is InChI=1S/C14H26O3.C9H12O/c1-3-5-7-9-11-13(15)17-14(16)12-10-8-6-4-2;1-7(2)8-5-3-4-6-9(8)10/h3-12H2,1-2H3;3-7,10H,1-2H3. The average Bonchev–Trinajstić information content (AvgIpc) is 2.63. The fourth-order valence-electron chi connectivity index (χ4n) is 2.60. The summed E-state index contributed by atoms with van der Waals surface area (Å²) < 4.78 is 4.73. The number of carbonyl (C=O) groups is 2. The van der Waals surface area contributed by atoms with Crippen LogP contribution in [0.5, 0.6) is 5.75 Å². The number of phenols is 1. The minimum Gasteiger partial charge on any atom is -0.508 e. The quantitative estimate of drug-likeness (QED) is 0.271. The Kier molecular flexibility index (Phi) is 15.2. The van der Waals surface area contributed by atoms with Gasteiger partial charge in [0.25, 0.3) is 0 Å². The van der Waals surface area contributed by atoms with Crippen LogP contribution in [0.25, 0.3) is 0 Å². The Morgan fingerprint density at radius 3 is 1.70 bits per heavy atom. The molecule has 0 amide bonds. The van der Waals surface area contributed by atoms with E-state index in [0.717, 1.165) is 56.9 Å². The number of unbranched alkanes of at least 4 members (excludes halogenated alkanes) is 6. The molecule has 154 valence electrons. The van der Waals surface area contributed by atoms with Crippen molar-refractivity contribution in [2.24, 2.45) is 0 Å². The number of aromatic hydroxyl groups is 1. The lowest BCUT2D eigenvalue weighted by Gasteiger charge is -2.05. The summed E-state index contributed by atoms with van der Waals surface area (Å²) in [6.07, 6.45) is 9.05. The Balaban J connectivity index is 0.000000569. The second-order valence-corrected chi connectivity index (χ2v) is 7.18. The highest BCUT2D eigenvalue weighted by Crippen LogP contribution is 2.23. The van der Waals surface area contributed by atoms with Gasteiger partial charge in [-0.15, -0.1) is 0 Å². The maximum absolute atomic E-state index is 11.3. The molecular formula is C23H38O4. The van der Waals surface area contributed by atoms with Gasteiger partial charge < -0.3 is 9.84 Å². The molecule has 0 saturated heterocycles. The van der Waals surface area contributed by atoms with Gasteiger partial charge in [-0.2, -0.15) is 0 Å². The van der Waals surface area contributed by atoms with Crippen LogP contribution in [0, 0.1) is 0 Å². The monoisotopic (exact) mass is 378 g/mol. The number of hydrogen-bond acceptors (Lipinski definition) is 4. The van der Waals surface area contributed by atoms with E-state index >= 15 is 0 Å². The molecule has 0 saturated carbocycles. The van der Waals surface area contributed by atoms with Crippen LogP contribution >= 0.6 is 0 Å². The second-order valence-electron chi connectivity index (χ2n) is 7.18. The molecule has 1 aromatic rings. The molecule has 1 N–H and O–H groups in total.